The number of aromatic nitrogens is 3. The molecule has 3 rings (SSSR count). The zero-order valence-corrected chi connectivity index (χ0v) is 14.9. The Morgan fingerprint density at radius 2 is 2.00 bits per heavy atom. The van der Waals surface area contributed by atoms with Gasteiger partial charge in [0.05, 0.1) is 16.8 Å². The third-order valence-electron chi connectivity index (χ3n) is 3.75. The van der Waals surface area contributed by atoms with Crippen LogP contribution >= 0.6 is 11.3 Å². The molecule has 0 N–H and O–H groups in total. The highest BCUT2D eigenvalue weighted by molar-refractivity contribution is 7.13. The predicted octanol–water partition coefficient (Wildman–Crippen LogP) is 4.29. The maximum Gasteiger partial charge on any atom is 0.433 e. The van der Waals surface area contributed by atoms with Gasteiger partial charge in [-0.1, -0.05) is 18.2 Å². The van der Waals surface area contributed by atoms with E-state index in [1.807, 2.05) is 0 Å². The molecule has 0 spiro atoms. The summed E-state index contributed by atoms with van der Waals surface area (Å²) in [4.78, 5) is 19.1. The van der Waals surface area contributed by atoms with E-state index in [4.69, 9.17) is 0 Å². The van der Waals surface area contributed by atoms with Crippen LogP contribution in [0, 0.1) is 0 Å². The fourth-order valence-corrected chi connectivity index (χ4v) is 3.27. The Morgan fingerprint density at radius 3 is 2.56 bits per heavy atom. The normalized spacial score (nSPS) is 11.5. The SMILES string of the molecule is C=CCN(CC=C)C(=O)c1cnn2c(C(F)(F)F)cc(-c3cccs3)nc12. The number of nitrogens with zero attached hydrogens (tertiary/aromatic N) is 4. The molecule has 3 heterocycles. The Morgan fingerprint density at radius 1 is 1.30 bits per heavy atom. The minimum atomic E-state index is -4.65. The van der Waals surface area contributed by atoms with Crippen molar-refractivity contribution in [3.63, 3.8) is 0 Å². The van der Waals surface area contributed by atoms with Gasteiger partial charge in [0.25, 0.3) is 5.91 Å². The zero-order valence-electron chi connectivity index (χ0n) is 14.1. The van der Waals surface area contributed by atoms with Crippen LogP contribution in [0.3, 0.4) is 0 Å². The number of hydrogen-bond acceptors (Lipinski definition) is 4. The van der Waals surface area contributed by atoms with Gasteiger partial charge in [0.15, 0.2) is 11.3 Å². The Hall–Kier alpha value is -2.94. The Balaban J connectivity index is 2.21. The first-order valence-corrected chi connectivity index (χ1v) is 8.75. The van der Waals surface area contributed by atoms with Gasteiger partial charge < -0.3 is 4.90 Å². The first kappa shape index (κ1) is 18.8. The van der Waals surface area contributed by atoms with Crippen molar-refractivity contribution in [2.45, 2.75) is 6.18 Å². The van der Waals surface area contributed by atoms with Crippen LogP contribution in [-0.4, -0.2) is 38.5 Å². The second-order valence-corrected chi connectivity index (χ2v) is 6.53. The summed E-state index contributed by atoms with van der Waals surface area (Å²) in [6.07, 6.45) is -0.490. The van der Waals surface area contributed by atoms with Gasteiger partial charge in [-0.15, -0.1) is 24.5 Å². The fraction of sp³-hybridized carbons (Fsp3) is 0.167. The van der Waals surface area contributed by atoms with Crippen LogP contribution in [-0.2, 0) is 6.18 Å². The van der Waals surface area contributed by atoms with Gasteiger partial charge in [-0.25, -0.2) is 9.50 Å². The lowest BCUT2D eigenvalue weighted by atomic mass is 10.2. The first-order chi connectivity index (χ1) is 12.9. The Kier molecular flexibility index (Phi) is 5.13. The highest BCUT2D eigenvalue weighted by atomic mass is 32.1. The minimum Gasteiger partial charge on any atom is -0.331 e. The molecule has 9 heteroatoms. The van der Waals surface area contributed by atoms with Crippen molar-refractivity contribution in [1.82, 2.24) is 19.5 Å². The van der Waals surface area contributed by atoms with Gasteiger partial charge in [0.2, 0.25) is 0 Å². The van der Waals surface area contributed by atoms with Crippen molar-refractivity contribution in [3.05, 3.63) is 66.3 Å². The van der Waals surface area contributed by atoms with E-state index < -0.39 is 17.8 Å². The Bertz CT molecular complexity index is 982. The van der Waals surface area contributed by atoms with Gasteiger partial charge >= 0.3 is 6.18 Å². The molecule has 3 aromatic rings. The highest BCUT2D eigenvalue weighted by Gasteiger charge is 2.36. The number of carbonyl (C=O) groups is 1. The number of hydrogen-bond donors (Lipinski definition) is 0. The topological polar surface area (TPSA) is 50.5 Å². The van der Waals surface area contributed by atoms with E-state index in [2.05, 4.69) is 23.2 Å². The quantitative estimate of drug-likeness (QED) is 0.588. The summed E-state index contributed by atoms with van der Waals surface area (Å²) >= 11 is 1.26. The molecule has 0 radical (unpaired) electrons. The van der Waals surface area contributed by atoms with Crippen LogP contribution in [0.15, 0.2) is 55.1 Å². The van der Waals surface area contributed by atoms with Crippen LogP contribution < -0.4 is 0 Å². The van der Waals surface area contributed by atoms with Crippen LogP contribution in [0.25, 0.3) is 16.2 Å². The molecule has 5 nitrogen and oxygen atoms in total. The third-order valence-corrected chi connectivity index (χ3v) is 4.64. The van der Waals surface area contributed by atoms with Gasteiger partial charge in [-0.05, 0) is 17.5 Å². The average molecular weight is 392 g/mol. The largest absolute Gasteiger partial charge is 0.433 e. The molecule has 0 bridgehead atoms. The minimum absolute atomic E-state index is 0.0115. The second-order valence-electron chi connectivity index (χ2n) is 5.58. The smallest absolute Gasteiger partial charge is 0.331 e. The molecule has 0 aliphatic rings. The van der Waals surface area contributed by atoms with Crippen molar-refractivity contribution in [3.8, 4) is 10.6 Å². The summed E-state index contributed by atoms with van der Waals surface area (Å²) in [5, 5.41) is 5.51. The lowest BCUT2D eigenvalue weighted by molar-refractivity contribution is -0.142. The molecular weight excluding hydrogens is 377 g/mol. The number of carbonyl (C=O) groups excluding carboxylic acids is 1. The number of fused-ring (bicyclic) bond motifs is 1. The number of amides is 1. The standard InChI is InChI=1S/C18H15F3N4OS/c1-3-7-24(8-4-2)17(26)12-11-22-25-15(18(19,20)21)10-13(23-16(12)25)14-6-5-9-27-14/h3-6,9-11H,1-2,7-8H2. The van der Waals surface area contributed by atoms with Crippen molar-refractivity contribution < 1.29 is 18.0 Å². The summed E-state index contributed by atoms with van der Waals surface area (Å²) in [7, 11) is 0. The monoisotopic (exact) mass is 392 g/mol. The molecule has 3 aromatic heterocycles. The number of alkyl halides is 3. The molecular formula is C18H15F3N4OS. The molecule has 0 aliphatic carbocycles. The van der Waals surface area contributed by atoms with Gasteiger partial charge in [-0.2, -0.15) is 18.3 Å². The van der Waals surface area contributed by atoms with E-state index in [-0.39, 0.29) is 30.0 Å². The highest BCUT2D eigenvalue weighted by Crippen LogP contribution is 2.34. The van der Waals surface area contributed by atoms with Crippen molar-refractivity contribution in [2.24, 2.45) is 0 Å². The predicted molar refractivity (Wildman–Crippen MR) is 97.6 cm³/mol. The van der Waals surface area contributed by atoms with E-state index in [1.54, 1.807) is 17.5 Å². The van der Waals surface area contributed by atoms with Crippen LogP contribution in [0.4, 0.5) is 13.2 Å². The Labute approximate surface area is 157 Å². The van der Waals surface area contributed by atoms with E-state index in [0.29, 0.717) is 9.39 Å². The molecule has 0 unspecified atom stereocenters. The van der Waals surface area contributed by atoms with Crippen LogP contribution in [0.5, 0.6) is 0 Å². The molecule has 0 saturated carbocycles. The molecule has 140 valence electrons. The molecule has 0 aliphatic heterocycles. The summed E-state index contributed by atoms with van der Waals surface area (Å²) in [5.41, 5.74) is -1.01. The van der Waals surface area contributed by atoms with E-state index >= 15 is 0 Å². The lowest BCUT2D eigenvalue weighted by Gasteiger charge is -2.18. The molecule has 27 heavy (non-hydrogen) atoms. The maximum atomic E-state index is 13.5. The zero-order chi connectivity index (χ0) is 19.6. The number of rotatable bonds is 6. The van der Waals surface area contributed by atoms with Crippen molar-refractivity contribution in [1.29, 1.82) is 0 Å². The summed E-state index contributed by atoms with van der Waals surface area (Å²) < 4.78 is 41.3. The third kappa shape index (κ3) is 3.63. The summed E-state index contributed by atoms with van der Waals surface area (Å²) in [5.74, 6) is -0.492. The summed E-state index contributed by atoms with van der Waals surface area (Å²) in [6.45, 7) is 7.62. The molecule has 0 saturated heterocycles. The van der Waals surface area contributed by atoms with Crippen LogP contribution in [0.2, 0.25) is 0 Å². The van der Waals surface area contributed by atoms with Gasteiger partial charge in [0.1, 0.15) is 5.56 Å². The van der Waals surface area contributed by atoms with Gasteiger partial charge in [-0.3, -0.25) is 4.79 Å². The van der Waals surface area contributed by atoms with Crippen LogP contribution in [0.1, 0.15) is 16.1 Å². The molecule has 0 atom stereocenters. The van der Waals surface area contributed by atoms with E-state index in [0.717, 1.165) is 12.3 Å². The van der Waals surface area contributed by atoms with Crippen molar-refractivity contribution in [2.75, 3.05) is 13.1 Å². The number of halogens is 3. The summed E-state index contributed by atoms with van der Waals surface area (Å²) in [6, 6.07) is 4.33. The van der Waals surface area contributed by atoms with E-state index in [1.165, 1.54) is 28.4 Å². The van der Waals surface area contributed by atoms with Gasteiger partial charge in [0, 0.05) is 13.1 Å². The number of thiophene rings is 1. The van der Waals surface area contributed by atoms with Crippen molar-refractivity contribution >= 4 is 22.9 Å². The molecule has 0 aromatic carbocycles. The fourth-order valence-electron chi connectivity index (χ4n) is 2.59. The first-order valence-electron chi connectivity index (χ1n) is 7.87. The second kappa shape index (κ2) is 7.36. The van der Waals surface area contributed by atoms with E-state index in [9.17, 15) is 18.0 Å². The molecule has 1 amide bonds. The maximum absolute atomic E-state index is 13.5. The lowest BCUT2D eigenvalue weighted by Crippen LogP contribution is -2.31. The average Bonchev–Trinajstić information content (AvgIpc) is 3.28. The molecule has 0 fully saturated rings.